The number of hydrogen-bond donors (Lipinski definition) is 0. The van der Waals surface area contributed by atoms with Crippen molar-refractivity contribution in [1.82, 2.24) is 4.90 Å². The van der Waals surface area contributed by atoms with Crippen LogP contribution in [0.2, 0.25) is 0 Å². The molecule has 0 radical (unpaired) electrons. The van der Waals surface area contributed by atoms with Crippen molar-refractivity contribution in [3.05, 3.63) is 138 Å². The van der Waals surface area contributed by atoms with Crippen LogP contribution in [0.4, 0.5) is 0 Å². The molecule has 0 aliphatic heterocycles. The minimum Gasteiger partial charge on any atom is -0.279 e. The Morgan fingerprint density at radius 3 is 1.41 bits per heavy atom. The van der Waals surface area contributed by atoms with Crippen LogP contribution in [0.5, 0.6) is 0 Å². The second-order valence-corrected chi connectivity index (χ2v) is 8.22. The Morgan fingerprint density at radius 2 is 0.931 bits per heavy atom. The molecule has 1 unspecified atom stereocenters. The lowest BCUT2D eigenvalue weighted by atomic mass is 10.1. The Hall–Kier alpha value is -2.81. The molecule has 0 bridgehead atoms. The van der Waals surface area contributed by atoms with E-state index in [0.29, 0.717) is 0 Å². The SMILES string of the molecule is c1ccc(CN(Cc2ccccc2)C(Sc2ccccc2)c2ccccc2)cc1. The molecule has 0 fully saturated rings. The molecule has 0 N–H and O–H groups in total. The van der Waals surface area contributed by atoms with Gasteiger partial charge in [0.15, 0.2) is 0 Å². The van der Waals surface area contributed by atoms with Gasteiger partial charge >= 0.3 is 0 Å². The zero-order chi connectivity index (χ0) is 19.7. The summed E-state index contributed by atoms with van der Waals surface area (Å²) >= 11 is 1.91. The minimum atomic E-state index is 0.221. The fraction of sp³-hybridized carbons (Fsp3) is 0.111. The van der Waals surface area contributed by atoms with Gasteiger partial charge in [0, 0.05) is 18.0 Å². The lowest BCUT2D eigenvalue weighted by Crippen LogP contribution is -2.26. The number of hydrogen-bond acceptors (Lipinski definition) is 2. The van der Waals surface area contributed by atoms with Crippen LogP contribution in [-0.2, 0) is 13.1 Å². The van der Waals surface area contributed by atoms with Gasteiger partial charge in [-0.3, -0.25) is 4.90 Å². The minimum absolute atomic E-state index is 0.221. The van der Waals surface area contributed by atoms with Crippen molar-refractivity contribution in [2.24, 2.45) is 0 Å². The van der Waals surface area contributed by atoms with Gasteiger partial charge in [-0.05, 0) is 28.8 Å². The van der Waals surface area contributed by atoms with Gasteiger partial charge in [-0.2, -0.15) is 0 Å². The molecule has 0 aliphatic carbocycles. The van der Waals surface area contributed by atoms with E-state index in [0.717, 1.165) is 13.1 Å². The summed E-state index contributed by atoms with van der Waals surface area (Å²) in [7, 11) is 0. The smallest absolute Gasteiger partial charge is 0.0866 e. The first-order valence-electron chi connectivity index (χ1n) is 9.97. The van der Waals surface area contributed by atoms with Gasteiger partial charge in [-0.15, -0.1) is 11.8 Å². The maximum atomic E-state index is 2.57. The van der Waals surface area contributed by atoms with Crippen molar-refractivity contribution >= 4 is 11.8 Å². The maximum absolute atomic E-state index is 2.57. The Kier molecular flexibility index (Phi) is 6.80. The number of rotatable bonds is 8. The number of benzene rings is 4. The van der Waals surface area contributed by atoms with Gasteiger partial charge in [0.05, 0.1) is 5.37 Å². The summed E-state index contributed by atoms with van der Waals surface area (Å²) in [6.07, 6.45) is 0. The predicted molar refractivity (Wildman–Crippen MR) is 124 cm³/mol. The number of nitrogens with zero attached hydrogens (tertiary/aromatic N) is 1. The van der Waals surface area contributed by atoms with Gasteiger partial charge in [0.25, 0.3) is 0 Å². The first-order valence-corrected chi connectivity index (χ1v) is 10.8. The van der Waals surface area contributed by atoms with Crippen LogP contribution in [0.1, 0.15) is 22.1 Å². The Bertz CT molecular complexity index is 930. The second kappa shape index (κ2) is 10.1. The van der Waals surface area contributed by atoms with E-state index < -0.39 is 0 Å². The van der Waals surface area contributed by atoms with Crippen molar-refractivity contribution in [2.75, 3.05) is 0 Å². The molecule has 2 heteroatoms. The zero-order valence-corrected chi connectivity index (χ0v) is 17.2. The maximum Gasteiger partial charge on any atom is 0.0866 e. The molecule has 29 heavy (non-hydrogen) atoms. The first-order chi connectivity index (χ1) is 14.4. The van der Waals surface area contributed by atoms with Crippen LogP contribution in [0.3, 0.4) is 0 Å². The molecular formula is C27H25NS. The highest BCUT2D eigenvalue weighted by atomic mass is 32.2. The van der Waals surface area contributed by atoms with Gasteiger partial charge in [-0.1, -0.05) is 109 Å². The highest BCUT2D eigenvalue weighted by molar-refractivity contribution is 7.99. The molecule has 0 amide bonds. The standard InChI is InChI=1S/C27H25NS/c1-5-13-23(14-6-1)21-28(22-24-15-7-2-8-16-24)27(25-17-9-3-10-18-25)29-26-19-11-4-12-20-26/h1-20,27H,21-22H2. The van der Waals surface area contributed by atoms with Crippen molar-refractivity contribution in [3.8, 4) is 0 Å². The lowest BCUT2D eigenvalue weighted by molar-refractivity contribution is 0.240. The average Bonchev–Trinajstić information content (AvgIpc) is 2.80. The molecule has 4 aromatic carbocycles. The third-order valence-corrected chi connectivity index (χ3v) is 6.20. The van der Waals surface area contributed by atoms with E-state index in [-0.39, 0.29) is 5.37 Å². The van der Waals surface area contributed by atoms with Crippen LogP contribution in [0.15, 0.2) is 126 Å². The summed E-state index contributed by atoms with van der Waals surface area (Å²) in [5.74, 6) is 0. The van der Waals surface area contributed by atoms with E-state index in [4.69, 9.17) is 0 Å². The van der Waals surface area contributed by atoms with Crippen LogP contribution < -0.4 is 0 Å². The predicted octanol–water partition coefficient (Wildman–Crippen LogP) is 7.18. The fourth-order valence-electron chi connectivity index (χ4n) is 3.46. The van der Waals surface area contributed by atoms with Gasteiger partial charge in [-0.25, -0.2) is 0 Å². The van der Waals surface area contributed by atoms with Gasteiger partial charge < -0.3 is 0 Å². The third kappa shape index (κ3) is 5.60. The Morgan fingerprint density at radius 1 is 0.517 bits per heavy atom. The molecule has 0 saturated carbocycles. The second-order valence-electron chi connectivity index (χ2n) is 7.07. The molecule has 0 aliphatic rings. The molecule has 144 valence electrons. The number of thioether (sulfide) groups is 1. The van der Waals surface area contributed by atoms with Crippen LogP contribution in [0.25, 0.3) is 0 Å². The first kappa shape index (κ1) is 19.5. The topological polar surface area (TPSA) is 3.24 Å². The summed E-state index contributed by atoms with van der Waals surface area (Å²) in [6.45, 7) is 1.80. The molecular weight excluding hydrogens is 370 g/mol. The normalized spacial score (nSPS) is 12.0. The van der Waals surface area contributed by atoms with Crippen LogP contribution in [-0.4, -0.2) is 4.90 Å². The third-order valence-electron chi connectivity index (χ3n) is 4.86. The van der Waals surface area contributed by atoms with E-state index in [1.807, 2.05) is 11.8 Å². The molecule has 0 saturated heterocycles. The quantitative estimate of drug-likeness (QED) is 0.230. The van der Waals surface area contributed by atoms with Gasteiger partial charge in [0.1, 0.15) is 0 Å². The summed E-state index contributed by atoms with van der Waals surface area (Å²) in [6, 6.07) is 43.1. The average molecular weight is 396 g/mol. The summed E-state index contributed by atoms with van der Waals surface area (Å²) in [5.41, 5.74) is 3.99. The van der Waals surface area contributed by atoms with E-state index in [1.54, 1.807) is 0 Å². The van der Waals surface area contributed by atoms with Crippen molar-refractivity contribution < 1.29 is 0 Å². The molecule has 0 spiro atoms. The van der Waals surface area contributed by atoms with Gasteiger partial charge in [0.2, 0.25) is 0 Å². The summed E-state index contributed by atoms with van der Waals surface area (Å²) in [5, 5.41) is 0.221. The van der Waals surface area contributed by atoms with Crippen molar-refractivity contribution in [3.63, 3.8) is 0 Å². The Balaban J connectivity index is 1.69. The summed E-state index contributed by atoms with van der Waals surface area (Å²) < 4.78 is 0. The molecule has 0 heterocycles. The van der Waals surface area contributed by atoms with E-state index >= 15 is 0 Å². The van der Waals surface area contributed by atoms with Crippen LogP contribution >= 0.6 is 11.8 Å². The molecule has 4 aromatic rings. The van der Waals surface area contributed by atoms with Crippen molar-refractivity contribution in [1.29, 1.82) is 0 Å². The monoisotopic (exact) mass is 395 g/mol. The lowest BCUT2D eigenvalue weighted by Gasteiger charge is -2.32. The fourth-order valence-corrected chi connectivity index (χ4v) is 4.62. The Labute approximate surface area is 178 Å². The van der Waals surface area contributed by atoms with Crippen molar-refractivity contribution in [2.45, 2.75) is 23.4 Å². The largest absolute Gasteiger partial charge is 0.279 e. The van der Waals surface area contributed by atoms with E-state index in [1.165, 1.54) is 21.6 Å². The van der Waals surface area contributed by atoms with Crippen LogP contribution in [0, 0.1) is 0 Å². The molecule has 1 nitrogen and oxygen atoms in total. The van der Waals surface area contributed by atoms with E-state index in [2.05, 4.69) is 126 Å². The van der Waals surface area contributed by atoms with E-state index in [9.17, 15) is 0 Å². The molecule has 1 atom stereocenters. The highest BCUT2D eigenvalue weighted by Gasteiger charge is 2.22. The highest BCUT2D eigenvalue weighted by Crippen LogP contribution is 2.39. The summed E-state index contributed by atoms with van der Waals surface area (Å²) in [4.78, 5) is 3.85. The molecule has 0 aromatic heterocycles. The zero-order valence-electron chi connectivity index (χ0n) is 16.4. The molecule has 4 rings (SSSR count).